The van der Waals surface area contributed by atoms with Gasteiger partial charge >= 0.3 is 0 Å². The Hall–Kier alpha value is -2.06. The van der Waals surface area contributed by atoms with Gasteiger partial charge in [-0.15, -0.1) is 24.8 Å². The molecule has 1 saturated heterocycles. The van der Waals surface area contributed by atoms with E-state index in [9.17, 15) is 9.59 Å². The van der Waals surface area contributed by atoms with E-state index in [4.69, 9.17) is 10.2 Å². The van der Waals surface area contributed by atoms with Crippen molar-refractivity contribution >= 4 is 42.3 Å². The Kier molecular flexibility index (Phi) is 9.48. The van der Waals surface area contributed by atoms with Crippen molar-refractivity contribution in [2.75, 3.05) is 38.5 Å². The number of carbonyl (C=O) groups is 2. The van der Waals surface area contributed by atoms with Gasteiger partial charge in [0.25, 0.3) is 5.91 Å². The number of halogens is 2. The van der Waals surface area contributed by atoms with E-state index in [0.29, 0.717) is 23.4 Å². The topological polar surface area (TPSA) is 91.8 Å². The summed E-state index contributed by atoms with van der Waals surface area (Å²) in [5, 5.41) is 2.80. The highest BCUT2D eigenvalue weighted by atomic mass is 35.5. The molecule has 0 atom stereocenters. The van der Waals surface area contributed by atoms with Crippen LogP contribution in [0.25, 0.3) is 0 Å². The van der Waals surface area contributed by atoms with E-state index in [2.05, 4.69) is 17.3 Å². The number of piperazine rings is 1. The van der Waals surface area contributed by atoms with Crippen LogP contribution < -0.4 is 11.1 Å². The summed E-state index contributed by atoms with van der Waals surface area (Å²) in [6, 6.07) is 8.95. The standard InChI is InChI=1S/C19H24N4O3.2ClH/c1-22-6-8-23(9-7-22)18(24)10-14-2-4-16(5-3-14)21-19(25)15-11-17(12-20)26-13-15;;/h2-5,11,13H,6-10,12,20H2,1H3,(H,21,25);2*1H. The lowest BCUT2D eigenvalue weighted by Gasteiger charge is -2.32. The van der Waals surface area contributed by atoms with Gasteiger partial charge in [-0.05, 0) is 30.8 Å². The summed E-state index contributed by atoms with van der Waals surface area (Å²) in [4.78, 5) is 28.7. The van der Waals surface area contributed by atoms with Crippen molar-refractivity contribution in [3.05, 3.63) is 53.5 Å². The average Bonchev–Trinajstić information content (AvgIpc) is 3.13. The lowest BCUT2D eigenvalue weighted by molar-refractivity contribution is -0.132. The second-order valence-corrected chi connectivity index (χ2v) is 6.52. The minimum Gasteiger partial charge on any atom is -0.467 e. The Bertz CT molecular complexity index is 772. The first kappa shape index (κ1) is 24.0. The summed E-state index contributed by atoms with van der Waals surface area (Å²) in [7, 11) is 2.06. The van der Waals surface area contributed by atoms with Crippen LogP contribution in [0.1, 0.15) is 21.7 Å². The van der Waals surface area contributed by atoms with Gasteiger partial charge in [0.1, 0.15) is 12.0 Å². The Balaban J connectivity index is 0.00000196. The first-order valence-corrected chi connectivity index (χ1v) is 8.69. The molecule has 2 aromatic rings. The van der Waals surface area contributed by atoms with E-state index in [1.165, 1.54) is 6.26 Å². The number of furan rings is 1. The predicted octanol–water partition coefficient (Wildman–Crippen LogP) is 2.15. The van der Waals surface area contributed by atoms with Crippen LogP contribution in [0, 0.1) is 0 Å². The minimum absolute atomic E-state index is 0. The zero-order chi connectivity index (χ0) is 18.5. The summed E-state index contributed by atoms with van der Waals surface area (Å²) in [5.74, 6) is 0.449. The maximum Gasteiger partial charge on any atom is 0.258 e. The van der Waals surface area contributed by atoms with Crippen LogP contribution in [0.3, 0.4) is 0 Å². The molecule has 1 aromatic carbocycles. The molecule has 28 heavy (non-hydrogen) atoms. The molecule has 1 aliphatic rings. The third-order valence-corrected chi connectivity index (χ3v) is 4.54. The van der Waals surface area contributed by atoms with Crippen LogP contribution in [0.4, 0.5) is 5.69 Å². The fraction of sp³-hybridized carbons (Fsp3) is 0.368. The van der Waals surface area contributed by atoms with Gasteiger partial charge in [-0.3, -0.25) is 9.59 Å². The first-order chi connectivity index (χ1) is 12.5. The van der Waals surface area contributed by atoms with E-state index in [-0.39, 0.29) is 43.2 Å². The fourth-order valence-corrected chi connectivity index (χ4v) is 2.86. The second kappa shape index (κ2) is 11.1. The number of hydrogen-bond acceptors (Lipinski definition) is 5. The van der Waals surface area contributed by atoms with Crippen LogP contribution in [0.2, 0.25) is 0 Å². The molecule has 1 aromatic heterocycles. The van der Waals surface area contributed by atoms with Crippen LogP contribution in [0.15, 0.2) is 41.0 Å². The summed E-state index contributed by atoms with van der Waals surface area (Å²) in [6.07, 6.45) is 1.76. The number of likely N-dealkylation sites (N-methyl/N-ethyl adjacent to an activating group) is 1. The number of nitrogens with two attached hydrogens (primary N) is 1. The molecule has 7 nitrogen and oxygen atoms in total. The largest absolute Gasteiger partial charge is 0.467 e. The van der Waals surface area contributed by atoms with Gasteiger partial charge in [0.2, 0.25) is 5.91 Å². The van der Waals surface area contributed by atoms with Crippen molar-refractivity contribution in [1.82, 2.24) is 9.80 Å². The molecule has 154 valence electrons. The Labute approximate surface area is 177 Å². The highest BCUT2D eigenvalue weighted by molar-refractivity contribution is 6.04. The summed E-state index contributed by atoms with van der Waals surface area (Å²) >= 11 is 0. The van der Waals surface area contributed by atoms with Crippen LogP contribution in [0.5, 0.6) is 0 Å². The maximum atomic E-state index is 12.4. The maximum absolute atomic E-state index is 12.4. The molecule has 0 radical (unpaired) electrons. The SMILES string of the molecule is CN1CCN(C(=O)Cc2ccc(NC(=O)c3coc(CN)c3)cc2)CC1.Cl.Cl. The Morgan fingerprint density at radius 1 is 1.11 bits per heavy atom. The van der Waals surface area contributed by atoms with Gasteiger partial charge in [0, 0.05) is 31.9 Å². The molecular formula is C19H26Cl2N4O3. The van der Waals surface area contributed by atoms with Crippen LogP contribution in [-0.4, -0.2) is 54.8 Å². The number of rotatable bonds is 5. The van der Waals surface area contributed by atoms with Crippen molar-refractivity contribution in [3.8, 4) is 0 Å². The molecule has 0 saturated carbocycles. The van der Waals surface area contributed by atoms with Crippen LogP contribution in [-0.2, 0) is 17.8 Å². The molecule has 2 amide bonds. The third-order valence-electron chi connectivity index (χ3n) is 4.54. The summed E-state index contributed by atoms with van der Waals surface area (Å²) in [5.41, 5.74) is 7.50. The number of benzene rings is 1. The minimum atomic E-state index is -0.255. The van der Waals surface area contributed by atoms with E-state index < -0.39 is 0 Å². The normalized spacial score (nSPS) is 14.0. The molecule has 0 bridgehead atoms. The van der Waals surface area contributed by atoms with Gasteiger partial charge in [-0.1, -0.05) is 12.1 Å². The predicted molar refractivity (Wildman–Crippen MR) is 113 cm³/mol. The van der Waals surface area contributed by atoms with Crippen molar-refractivity contribution in [2.45, 2.75) is 13.0 Å². The lowest BCUT2D eigenvalue weighted by Crippen LogP contribution is -2.47. The molecule has 3 N–H and O–H groups in total. The second-order valence-electron chi connectivity index (χ2n) is 6.52. The van der Waals surface area contributed by atoms with E-state index in [1.807, 2.05) is 17.0 Å². The van der Waals surface area contributed by atoms with Gasteiger partial charge < -0.3 is 25.3 Å². The molecular weight excluding hydrogens is 403 g/mol. The number of anilines is 1. The van der Waals surface area contributed by atoms with E-state index in [0.717, 1.165) is 31.7 Å². The van der Waals surface area contributed by atoms with Crippen molar-refractivity contribution in [3.63, 3.8) is 0 Å². The van der Waals surface area contributed by atoms with Crippen molar-refractivity contribution < 1.29 is 14.0 Å². The number of nitrogens with one attached hydrogen (secondary N) is 1. The molecule has 0 aliphatic carbocycles. The smallest absolute Gasteiger partial charge is 0.258 e. The van der Waals surface area contributed by atoms with Crippen molar-refractivity contribution in [2.24, 2.45) is 5.73 Å². The number of amides is 2. The molecule has 3 rings (SSSR count). The fourth-order valence-electron chi connectivity index (χ4n) is 2.86. The van der Waals surface area contributed by atoms with Gasteiger partial charge in [-0.2, -0.15) is 0 Å². The number of carbonyl (C=O) groups excluding carboxylic acids is 2. The lowest BCUT2D eigenvalue weighted by atomic mass is 10.1. The molecule has 0 spiro atoms. The first-order valence-electron chi connectivity index (χ1n) is 8.69. The Morgan fingerprint density at radius 2 is 1.75 bits per heavy atom. The van der Waals surface area contributed by atoms with E-state index in [1.54, 1.807) is 18.2 Å². The number of nitrogens with zero attached hydrogens (tertiary/aromatic N) is 2. The monoisotopic (exact) mass is 428 g/mol. The highest BCUT2D eigenvalue weighted by Gasteiger charge is 2.19. The molecule has 1 aliphatic heterocycles. The Morgan fingerprint density at radius 3 is 2.32 bits per heavy atom. The zero-order valence-electron chi connectivity index (χ0n) is 15.7. The van der Waals surface area contributed by atoms with Gasteiger partial charge in [0.05, 0.1) is 18.5 Å². The van der Waals surface area contributed by atoms with Crippen molar-refractivity contribution in [1.29, 1.82) is 0 Å². The van der Waals surface area contributed by atoms with Gasteiger partial charge in [0.15, 0.2) is 0 Å². The molecule has 9 heteroatoms. The summed E-state index contributed by atoms with van der Waals surface area (Å²) < 4.78 is 5.17. The van der Waals surface area contributed by atoms with E-state index >= 15 is 0 Å². The molecule has 1 fully saturated rings. The third kappa shape index (κ3) is 6.24. The molecule has 0 unspecified atom stereocenters. The van der Waals surface area contributed by atoms with Crippen LogP contribution >= 0.6 is 24.8 Å². The summed E-state index contributed by atoms with van der Waals surface area (Å²) in [6.45, 7) is 3.63. The molecule has 2 heterocycles. The highest BCUT2D eigenvalue weighted by Crippen LogP contribution is 2.14. The van der Waals surface area contributed by atoms with Gasteiger partial charge in [-0.25, -0.2) is 0 Å². The quantitative estimate of drug-likeness (QED) is 0.760. The number of hydrogen-bond donors (Lipinski definition) is 2. The average molecular weight is 429 g/mol. The zero-order valence-corrected chi connectivity index (χ0v) is 17.4.